The molecule has 0 saturated carbocycles. The van der Waals surface area contributed by atoms with Crippen molar-refractivity contribution in [2.45, 2.75) is 32.7 Å². The third-order valence-electron chi connectivity index (χ3n) is 5.22. The summed E-state index contributed by atoms with van der Waals surface area (Å²) in [5.41, 5.74) is 2.35. The van der Waals surface area contributed by atoms with Crippen molar-refractivity contribution in [1.29, 1.82) is 0 Å². The molecular weight excluding hydrogens is 352 g/mol. The summed E-state index contributed by atoms with van der Waals surface area (Å²) in [4.78, 5) is 14.7. The van der Waals surface area contributed by atoms with Gasteiger partial charge in [0.25, 0.3) is 5.91 Å². The standard InChI is InChI=1S/C23H30N2O3/c1-17-5-4-14-25(15-17)20-8-6-19(7-9-20)18(2)24-23(26)16-28-22-12-10-21(27-3)11-13-22/h6-13,17-18H,4-5,14-16H2,1-3H3,(H,24,26)/t17-,18-/m0/s1. The second kappa shape index (κ2) is 9.49. The van der Waals surface area contributed by atoms with Gasteiger partial charge in [-0.3, -0.25) is 4.79 Å². The lowest BCUT2D eigenvalue weighted by Crippen LogP contribution is -2.34. The molecule has 150 valence electrons. The van der Waals surface area contributed by atoms with Gasteiger partial charge in [-0.25, -0.2) is 0 Å². The zero-order valence-corrected chi connectivity index (χ0v) is 17.0. The first-order valence-corrected chi connectivity index (χ1v) is 9.96. The van der Waals surface area contributed by atoms with Gasteiger partial charge >= 0.3 is 0 Å². The lowest BCUT2D eigenvalue weighted by Gasteiger charge is -2.33. The van der Waals surface area contributed by atoms with Gasteiger partial charge in [0.1, 0.15) is 11.5 Å². The summed E-state index contributed by atoms with van der Waals surface area (Å²) >= 11 is 0. The Bertz CT molecular complexity index is 758. The highest BCUT2D eigenvalue weighted by Crippen LogP contribution is 2.24. The molecule has 3 rings (SSSR count). The predicted octanol–water partition coefficient (Wildman–Crippen LogP) is 4.19. The molecule has 1 heterocycles. The Kier molecular flexibility index (Phi) is 6.80. The number of rotatable bonds is 7. The fraction of sp³-hybridized carbons (Fsp3) is 0.435. The summed E-state index contributed by atoms with van der Waals surface area (Å²) in [5, 5.41) is 2.99. The summed E-state index contributed by atoms with van der Waals surface area (Å²) < 4.78 is 10.6. The predicted molar refractivity (Wildman–Crippen MR) is 112 cm³/mol. The van der Waals surface area contributed by atoms with E-state index >= 15 is 0 Å². The van der Waals surface area contributed by atoms with Gasteiger partial charge in [-0.15, -0.1) is 0 Å². The molecule has 0 aliphatic carbocycles. The molecule has 1 aliphatic rings. The summed E-state index contributed by atoms with van der Waals surface area (Å²) in [6, 6.07) is 15.6. The zero-order chi connectivity index (χ0) is 19.9. The molecule has 0 bridgehead atoms. The molecule has 0 radical (unpaired) electrons. The van der Waals surface area contributed by atoms with E-state index in [4.69, 9.17) is 9.47 Å². The van der Waals surface area contributed by atoms with Crippen molar-refractivity contribution in [2.24, 2.45) is 5.92 Å². The Balaban J connectivity index is 1.49. The molecule has 1 saturated heterocycles. The van der Waals surface area contributed by atoms with Crippen molar-refractivity contribution in [3.05, 3.63) is 54.1 Å². The Labute approximate surface area is 167 Å². The number of hydrogen-bond donors (Lipinski definition) is 1. The van der Waals surface area contributed by atoms with Crippen LogP contribution >= 0.6 is 0 Å². The van der Waals surface area contributed by atoms with Gasteiger partial charge < -0.3 is 19.7 Å². The average molecular weight is 383 g/mol. The van der Waals surface area contributed by atoms with E-state index < -0.39 is 0 Å². The molecule has 1 N–H and O–H groups in total. The fourth-order valence-electron chi connectivity index (χ4n) is 3.59. The zero-order valence-electron chi connectivity index (χ0n) is 17.0. The van der Waals surface area contributed by atoms with Crippen LogP contribution in [0.5, 0.6) is 11.5 Å². The van der Waals surface area contributed by atoms with Crippen LogP contribution in [-0.4, -0.2) is 32.7 Å². The van der Waals surface area contributed by atoms with Gasteiger partial charge in [-0.2, -0.15) is 0 Å². The third kappa shape index (κ3) is 5.41. The van der Waals surface area contributed by atoms with Gasteiger partial charge in [0, 0.05) is 18.8 Å². The van der Waals surface area contributed by atoms with Crippen molar-refractivity contribution in [3.63, 3.8) is 0 Å². The van der Waals surface area contributed by atoms with E-state index in [2.05, 4.69) is 41.4 Å². The minimum atomic E-state index is -0.141. The van der Waals surface area contributed by atoms with Gasteiger partial charge in [-0.05, 0) is 67.6 Å². The molecule has 1 aliphatic heterocycles. The Morgan fingerprint density at radius 1 is 1.14 bits per heavy atom. The third-order valence-corrected chi connectivity index (χ3v) is 5.22. The van der Waals surface area contributed by atoms with Crippen LogP contribution in [0.4, 0.5) is 5.69 Å². The molecule has 1 fully saturated rings. The lowest BCUT2D eigenvalue weighted by atomic mass is 9.99. The minimum Gasteiger partial charge on any atom is -0.497 e. The Morgan fingerprint density at radius 2 is 1.82 bits per heavy atom. The number of carbonyl (C=O) groups is 1. The molecule has 5 nitrogen and oxygen atoms in total. The van der Waals surface area contributed by atoms with E-state index in [0.717, 1.165) is 30.3 Å². The van der Waals surface area contributed by atoms with E-state index in [1.165, 1.54) is 18.5 Å². The summed E-state index contributed by atoms with van der Waals surface area (Å²) in [5.74, 6) is 2.01. The van der Waals surface area contributed by atoms with E-state index in [1.54, 1.807) is 31.4 Å². The Morgan fingerprint density at radius 3 is 2.46 bits per heavy atom. The highest BCUT2D eigenvalue weighted by molar-refractivity contribution is 5.78. The fourth-order valence-corrected chi connectivity index (χ4v) is 3.59. The monoisotopic (exact) mass is 382 g/mol. The number of nitrogens with one attached hydrogen (secondary N) is 1. The average Bonchev–Trinajstić information content (AvgIpc) is 2.72. The van der Waals surface area contributed by atoms with Crippen LogP contribution in [-0.2, 0) is 4.79 Å². The molecule has 5 heteroatoms. The van der Waals surface area contributed by atoms with Gasteiger partial charge in [0.05, 0.1) is 13.2 Å². The number of methoxy groups -OCH3 is 1. The normalized spacial score (nSPS) is 17.7. The van der Waals surface area contributed by atoms with Crippen molar-refractivity contribution in [1.82, 2.24) is 5.32 Å². The first-order valence-electron chi connectivity index (χ1n) is 9.96. The second-order valence-corrected chi connectivity index (χ2v) is 7.54. The molecule has 2 aromatic carbocycles. The van der Waals surface area contributed by atoms with Gasteiger partial charge in [-0.1, -0.05) is 19.1 Å². The number of carbonyl (C=O) groups excluding carboxylic acids is 1. The number of piperidine rings is 1. The molecule has 28 heavy (non-hydrogen) atoms. The lowest BCUT2D eigenvalue weighted by molar-refractivity contribution is -0.123. The molecule has 0 spiro atoms. The first-order chi connectivity index (χ1) is 13.5. The molecule has 1 amide bonds. The first kappa shape index (κ1) is 20.1. The second-order valence-electron chi connectivity index (χ2n) is 7.54. The largest absolute Gasteiger partial charge is 0.497 e. The topological polar surface area (TPSA) is 50.8 Å². The molecule has 0 aromatic heterocycles. The van der Waals surface area contributed by atoms with Gasteiger partial charge in [0.15, 0.2) is 6.61 Å². The highest BCUT2D eigenvalue weighted by Gasteiger charge is 2.17. The van der Waals surface area contributed by atoms with Crippen molar-refractivity contribution in [2.75, 3.05) is 31.7 Å². The molecule has 2 atom stereocenters. The van der Waals surface area contributed by atoms with Crippen LogP contribution in [0.15, 0.2) is 48.5 Å². The van der Waals surface area contributed by atoms with Crippen LogP contribution in [0, 0.1) is 5.92 Å². The van der Waals surface area contributed by atoms with Crippen molar-refractivity contribution >= 4 is 11.6 Å². The summed E-state index contributed by atoms with van der Waals surface area (Å²) in [6.07, 6.45) is 2.57. The maximum absolute atomic E-state index is 12.2. The number of amides is 1. The van der Waals surface area contributed by atoms with Crippen LogP contribution in [0.25, 0.3) is 0 Å². The van der Waals surface area contributed by atoms with Crippen molar-refractivity contribution < 1.29 is 14.3 Å². The van der Waals surface area contributed by atoms with Crippen LogP contribution in [0.1, 0.15) is 38.3 Å². The molecular formula is C23H30N2O3. The minimum absolute atomic E-state index is 0.0135. The summed E-state index contributed by atoms with van der Waals surface area (Å²) in [7, 11) is 1.62. The van der Waals surface area contributed by atoms with Crippen LogP contribution in [0.3, 0.4) is 0 Å². The summed E-state index contributed by atoms with van der Waals surface area (Å²) in [6.45, 7) is 6.53. The maximum Gasteiger partial charge on any atom is 0.258 e. The molecule has 0 unspecified atom stereocenters. The van der Waals surface area contributed by atoms with E-state index in [0.29, 0.717) is 5.75 Å². The highest BCUT2D eigenvalue weighted by atomic mass is 16.5. The maximum atomic E-state index is 12.2. The van der Waals surface area contributed by atoms with E-state index in [1.807, 2.05) is 6.92 Å². The number of anilines is 1. The van der Waals surface area contributed by atoms with Crippen molar-refractivity contribution in [3.8, 4) is 11.5 Å². The van der Waals surface area contributed by atoms with E-state index in [9.17, 15) is 4.79 Å². The molecule has 2 aromatic rings. The quantitative estimate of drug-likeness (QED) is 0.780. The number of hydrogen-bond acceptors (Lipinski definition) is 4. The number of nitrogens with zero attached hydrogens (tertiary/aromatic N) is 1. The SMILES string of the molecule is COc1ccc(OCC(=O)N[C@@H](C)c2ccc(N3CCC[C@H](C)C3)cc2)cc1. The van der Waals surface area contributed by atoms with Crippen LogP contribution in [0.2, 0.25) is 0 Å². The smallest absolute Gasteiger partial charge is 0.258 e. The number of benzene rings is 2. The van der Waals surface area contributed by atoms with Crippen LogP contribution < -0.4 is 19.7 Å². The van der Waals surface area contributed by atoms with E-state index in [-0.39, 0.29) is 18.6 Å². The Hall–Kier alpha value is -2.69. The number of ether oxygens (including phenoxy) is 2. The van der Waals surface area contributed by atoms with Gasteiger partial charge in [0.2, 0.25) is 0 Å².